The Labute approximate surface area is 200 Å². The topological polar surface area (TPSA) is 126 Å². The summed E-state index contributed by atoms with van der Waals surface area (Å²) in [5.74, 6) is 0.616. The van der Waals surface area contributed by atoms with Crippen molar-refractivity contribution in [2.45, 2.75) is 65.6 Å². The fraction of sp³-hybridized carbons (Fsp3) is 0.583. The molecule has 3 N–H and O–H groups in total. The van der Waals surface area contributed by atoms with E-state index in [0.717, 1.165) is 16.9 Å². The van der Waals surface area contributed by atoms with E-state index < -0.39 is 23.4 Å². The lowest BCUT2D eigenvalue weighted by Gasteiger charge is -2.25. The third-order valence-electron chi connectivity index (χ3n) is 4.47. The third-order valence-corrected chi connectivity index (χ3v) is 4.47. The average Bonchev–Trinajstić information content (AvgIpc) is 3.11. The third kappa shape index (κ3) is 10.1. The van der Waals surface area contributed by atoms with E-state index in [4.69, 9.17) is 9.47 Å². The molecule has 0 bridgehead atoms. The predicted molar refractivity (Wildman–Crippen MR) is 129 cm³/mol. The molecule has 0 spiro atoms. The number of H-pyrrole nitrogens is 1. The molecule has 0 unspecified atom stereocenters. The first-order valence-electron chi connectivity index (χ1n) is 11.5. The second-order valence-corrected chi connectivity index (χ2v) is 9.94. The number of benzene rings is 1. The van der Waals surface area contributed by atoms with Crippen LogP contribution in [0, 0.1) is 0 Å². The number of amides is 3. The van der Waals surface area contributed by atoms with Gasteiger partial charge in [0.15, 0.2) is 0 Å². The molecule has 10 heteroatoms. The summed E-state index contributed by atoms with van der Waals surface area (Å²) in [5, 5.41) is 5.32. The first-order valence-corrected chi connectivity index (χ1v) is 11.5. The molecular formula is C24H37N5O5. The second-order valence-electron chi connectivity index (χ2n) is 9.94. The minimum absolute atomic E-state index is 0.113. The molecular weight excluding hydrogens is 438 g/mol. The van der Waals surface area contributed by atoms with Gasteiger partial charge in [0.05, 0.1) is 11.0 Å². The molecule has 0 aliphatic carbocycles. The van der Waals surface area contributed by atoms with Gasteiger partial charge in [-0.05, 0) is 53.7 Å². The summed E-state index contributed by atoms with van der Waals surface area (Å²) >= 11 is 0. The molecule has 0 radical (unpaired) electrons. The zero-order valence-corrected chi connectivity index (χ0v) is 21.0. The van der Waals surface area contributed by atoms with Crippen LogP contribution in [0.5, 0.6) is 0 Å². The fourth-order valence-electron chi connectivity index (χ4n) is 3.08. The first-order chi connectivity index (χ1) is 15.8. The SMILES string of the molecule is CC(C)(C)OC(=O)NCCN(CCNC(=O)OC(C)(C)C)C(=O)CCc1nc2ccccc2[nH]1. The zero-order chi connectivity index (χ0) is 25.4. The molecule has 0 saturated heterocycles. The van der Waals surface area contributed by atoms with Gasteiger partial charge in [0, 0.05) is 39.0 Å². The minimum atomic E-state index is -0.608. The van der Waals surface area contributed by atoms with E-state index in [1.807, 2.05) is 24.3 Å². The molecule has 1 heterocycles. The normalized spacial score (nSPS) is 11.7. The lowest BCUT2D eigenvalue weighted by atomic mass is 10.2. The minimum Gasteiger partial charge on any atom is -0.444 e. The molecule has 0 atom stereocenters. The number of hydrogen-bond acceptors (Lipinski definition) is 6. The van der Waals surface area contributed by atoms with Crippen LogP contribution in [-0.4, -0.2) is 70.3 Å². The van der Waals surface area contributed by atoms with Gasteiger partial charge in [-0.25, -0.2) is 14.6 Å². The van der Waals surface area contributed by atoms with E-state index in [9.17, 15) is 14.4 Å². The van der Waals surface area contributed by atoms with E-state index in [1.54, 1.807) is 46.4 Å². The number of aromatic amines is 1. The van der Waals surface area contributed by atoms with E-state index >= 15 is 0 Å². The van der Waals surface area contributed by atoms with Gasteiger partial charge in [0.2, 0.25) is 5.91 Å². The molecule has 34 heavy (non-hydrogen) atoms. The number of imidazole rings is 1. The molecule has 1 aromatic carbocycles. The van der Waals surface area contributed by atoms with Gasteiger partial charge < -0.3 is 30.0 Å². The first kappa shape index (κ1) is 26.9. The lowest BCUT2D eigenvalue weighted by molar-refractivity contribution is -0.131. The van der Waals surface area contributed by atoms with Gasteiger partial charge in [-0.15, -0.1) is 0 Å². The molecule has 0 fully saturated rings. The fourth-order valence-corrected chi connectivity index (χ4v) is 3.08. The van der Waals surface area contributed by atoms with Crippen molar-refractivity contribution in [3.05, 3.63) is 30.1 Å². The number of alkyl carbamates (subject to hydrolysis) is 2. The van der Waals surface area contributed by atoms with Crippen LogP contribution in [0.2, 0.25) is 0 Å². The molecule has 188 valence electrons. The number of ether oxygens (including phenoxy) is 2. The van der Waals surface area contributed by atoms with Gasteiger partial charge in [0.25, 0.3) is 0 Å². The maximum absolute atomic E-state index is 12.9. The van der Waals surface area contributed by atoms with Crippen LogP contribution < -0.4 is 10.6 Å². The molecule has 0 aliphatic heterocycles. The van der Waals surface area contributed by atoms with Gasteiger partial charge in [-0.2, -0.15) is 0 Å². The number of aryl methyl sites for hydroxylation is 1. The second kappa shape index (κ2) is 11.7. The summed E-state index contributed by atoms with van der Waals surface area (Å²) in [6.07, 6.45) is -0.412. The molecule has 3 amide bonds. The van der Waals surface area contributed by atoms with Crippen LogP contribution in [0.1, 0.15) is 53.8 Å². The van der Waals surface area contributed by atoms with Crippen molar-refractivity contribution >= 4 is 29.1 Å². The van der Waals surface area contributed by atoms with Crippen molar-refractivity contribution in [2.75, 3.05) is 26.2 Å². The Balaban J connectivity index is 1.91. The van der Waals surface area contributed by atoms with Crippen LogP contribution in [0.25, 0.3) is 11.0 Å². The number of carbonyl (C=O) groups is 3. The molecule has 0 saturated carbocycles. The van der Waals surface area contributed by atoms with Crippen molar-refractivity contribution in [3.8, 4) is 0 Å². The largest absolute Gasteiger partial charge is 0.444 e. The van der Waals surface area contributed by atoms with Crippen LogP contribution >= 0.6 is 0 Å². The quantitative estimate of drug-likeness (QED) is 0.511. The number of nitrogens with zero attached hydrogens (tertiary/aromatic N) is 2. The van der Waals surface area contributed by atoms with Gasteiger partial charge in [-0.3, -0.25) is 4.79 Å². The summed E-state index contributed by atoms with van der Waals surface area (Å²) in [6, 6.07) is 7.68. The smallest absolute Gasteiger partial charge is 0.407 e. The summed E-state index contributed by atoms with van der Waals surface area (Å²) in [7, 11) is 0. The molecule has 2 rings (SSSR count). The monoisotopic (exact) mass is 475 g/mol. The Morgan fingerprint density at radius 3 is 1.94 bits per heavy atom. The standard InChI is InChI=1S/C24H37N5O5/c1-23(2,3)33-21(31)25-13-15-29(16-14-26-22(32)34-24(4,5)6)20(30)12-11-19-27-17-9-7-8-10-18(17)28-19/h7-10H,11-16H2,1-6H3,(H,25,31)(H,26,32)(H,27,28). The summed E-state index contributed by atoms with van der Waals surface area (Å²) in [6.45, 7) is 11.7. The lowest BCUT2D eigenvalue weighted by Crippen LogP contribution is -2.44. The molecule has 1 aromatic heterocycles. The van der Waals surface area contributed by atoms with Crippen molar-refractivity contribution in [2.24, 2.45) is 0 Å². The van der Waals surface area contributed by atoms with Crippen molar-refractivity contribution in [1.29, 1.82) is 0 Å². The molecule has 0 aliphatic rings. The van der Waals surface area contributed by atoms with Crippen molar-refractivity contribution in [1.82, 2.24) is 25.5 Å². The number of nitrogens with one attached hydrogen (secondary N) is 3. The van der Waals surface area contributed by atoms with Gasteiger partial charge >= 0.3 is 12.2 Å². The van der Waals surface area contributed by atoms with Crippen LogP contribution in [0.15, 0.2) is 24.3 Å². The zero-order valence-electron chi connectivity index (χ0n) is 21.0. The van der Waals surface area contributed by atoms with E-state index in [1.165, 1.54) is 0 Å². The Morgan fingerprint density at radius 1 is 0.912 bits per heavy atom. The van der Waals surface area contributed by atoms with Crippen molar-refractivity contribution in [3.63, 3.8) is 0 Å². The van der Waals surface area contributed by atoms with Crippen LogP contribution in [0.4, 0.5) is 9.59 Å². The summed E-state index contributed by atoms with van der Waals surface area (Å²) in [4.78, 5) is 46.1. The highest BCUT2D eigenvalue weighted by molar-refractivity contribution is 5.77. The summed E-state index contributed by atoms with van der Waals surface area (Å²) in [5.41, 5.74) is 0.558. The summed E-state index contributed by atoms with van der Waals surface area (Å²) < 4.78 is 10.5. The maximum atomic E-state index is 12.9. The Bertz CT molecular complexity index is 907. The van der Waals surface area contributed by atoms with E-state index in [0.29, 0.717) is 6.42 Å². The Morgan fingerprint density at radius 2 is 1.44 bits per heavy atom. The van der Waals surface area contributed by atoms with E-state index in [2.05, 4.69) is 20.6 Å². The number of para-hydroxylation sites is 2. The van der Waals surface area contributed by atoms with Crippen LogP contribution in [0.3, 0.4) is 0 Å². The number of fused-ring (bicyclic) bond motifs is 1. The van der Waals surface area contributed by atoms with E-state index in [-0.39, 0.29) is 38.5 Å². The van der Waals surface area contributed by atoms with Gasteiger partial charge in [0.1, 0.15) is 17.0 Å². The maximum Gasteiger partial charge on any atom is 0.407 e. The number of hydrogen-bond donors (Lipinski definition) is 3. The Kier molecular flexibility index (Phi) is 9.28. The van der Waals surface area contributed by atoms with Crippen molar-refractivity contribution < 1.29 is 23.9 Å². The number of rotatable bonds is 9. The highest BCUT2D eigenvalue weighted by atomic mass is 16.6. The molecule has 2 aromatic rings. The molecule has 10 nitrogen and oxygen atoms in total. The Hall–Kier alpha value is -3.30. The van der Waals surface area contributed by atoms with Crippen LogP contribution in [-0.2, 0) is 20.7 Å². The number of carbonyl (C=O) groups excluding carboxylic acids is 3. The number of aromatic nitrogens is 2. The average molecular weight is 476 g/mol. The highest BCUT2D eigenvalue weighted by Gasteiger charge is 2.19. The highest BCUT2D eigenvalue weighted by Crippen LogP contribution is 2.12. The predicted octanol–water partition coefficient (Wildman–Crippen LogP) is 3.37. The van der Waals surface area contributed by atoms with Gasteiger partial charge in [-0.1, -0.05) is 12.1 Å².